The summed E-state index contributed by atoms with van der Waals surface area (Å²) < 4.78 is 13.4. The van der Waals surface area contributed by atoms with Crippen molar-refractivity contribution >= 4 is 79.2 Å². The maximum atomic E-state index is 14.2. The number of allylic oxidation sites excluding steroid dienone is 4. The molecule has 0 bridgehead atoms. The fourth-order valence-corrected chi connectivity index (χ4v) is 7.00. The molecule has 1 N–H and O–H groups in total. The molecular weight excluding hydrogens is 853 g/mol. The van der Waals surface area contributed by atoms with Gasteiger partial charge in [0, 0.05) is 9.27 Å². The molecule has 0 spiro atoms. The van der Waals surface area contributed by atoms with Crippen LogP contribution in [0.15, 0.2) is 149 Å². The zero-order chi connectivity index (χ0) is 37.0. The average molecular weight is 889 g/mol. The fraction of sp³-hybridized carbons (Fsp3) is 0.122. The van der Waals surface area contributed by atoms with Crippen molar-refractivity contribution in [1.82, 2.24) is 10.2 Å². The molecule has 0 atom stereocenters. The maximum Gasteiger partial charge on any atom is 0.285 e. The molecule has 0 saturated heterocycles. The lowest BCUT2D eigenvalue weighted by molar-refractivity contribution is -0.126. The Bertz CT molecular complexity index is 2030. The van der Waals surface area contributed by atoms with E-state index in [1.165, 1.54) is 18.1 Å². The van der Waals surface area contributed by atoms with Gasteiger partial charge in [0.25, 0.3) is 11.8 Å². The first-order valence-corrected chi connectivity index (χ1v) is 19.0. The van der Waals surface area contributed by atoms with Gasteiger partial charge in [0.15, 0.2) is 16.7 Å². The minimum atomic E-state index is -0.729. The van der Waals surface area contributed by atoms with Gasteiger partial charge in [0.1, 0.15) is 12.2 Å². The summed E-state index contributed by atoms with van der Waals surface area (Å²) in [7, 11) is 1.52. The van der Waals surface area contributed by atoms with Crippen LogP contribution in [0.4, 0.5) is 0 Å². The molecule has 3 amide bonds. The number of amidine groups is 1. The number of aliphatic imine (C=N–C) groups is 1. The van der Waals surface area contributed by atoms with Crippen LogP contribution < -0.4 is 14.8 Å². The van der Waals surface area contributed by atoms with Crippen molar-refractivity contribution < 1.29 is 23.9 Å². The molecule has 4 aromatic rings. The molecule has 0 unspecified atom stereocenters. The van der Waals surface area contributed by atoms with Crippen molar-refractivity contribution in [3.05, 3.63) is 170 Å². The number of amides is 3. The highest BCUT2D eigenvalue weighted by atomic mass is 127. The predicted octanol–water partition coefficient (Wildman–Crippen LogP) is 9.03. The topological polar surface area (TPSA) is 97.3 Å². The second-order valence-electron chi connectivity index (χ2n) is 11.3. The summed E-state index contributed by atoms with van der Waals surface area (Å²) in [5, 5.41) is 3.18. The Hall–Kier alpha value is -4.72. The highest BCUT2D eigenvalue weighted by molar-refractivity contribution is 14.1. The number of nitrogens with one attached hydrogen (secondary N) is 1. The van der Waals surface area contributed by atoms with Crippen LogP contribution in [0.3, 0.4) is 0 Å². The van der Waals surface area contributed by atoms with Gasteiger partial charge in [-0.15, -0.1) is 0 Å². The van der Waals surface area contributed by atoms with Gasteiger partial charge in [0.2, 0.25) is 5.91 Å². The number of methoxy groups -OCH3 is 1. The molecule has 8 nitrogen and oxygen atoms in total. The molecule has 1 aliphatic heterocycles. The number of hydrogen-bond acceptors (Lipinski definition) is 6. The van der Waals surface area contributed by atoms with Gasteiger partial charge in [-0.1, -0.05) is 109 Å². The third-order valence-corrected chi connectivity index (χ3v) is 10.0. The Labute approximate surface area is 329 Å². The maximum absolute atomic E-state index is 14.2. The van der Waals surface area contributed by atoms with E-state index in [1.807, 2.05) is 84.9 Å². The Morgan fingerprint density at radius 3 is 2.27 bits per heavy atom. The van der Waals surface area contributed by atoms with E-state index in [0.717, 1.165) is 32.0 Å². The Morgan fingerprint density at radius 2 is 1.67 bits per heavy atom. The molecule has 0 radical (unpaired) electrons. The van der Waals surface area contributed by atoms with Crippen LogP contribution in [0.5, 0.6) is 11.5 Å². The quantitative estimate of drug-likeness (QED) is 0.0624. The van der Waals surface area contributed by atoms with Crippen LogP contribution in [-0.2, 0) is 21.0 Å². The van der Waals surface area contributed by atoms with Crippen LogP contribution >= 0.6 is 50.3 Å². The lowest BCUT2D eigenvalue weighted by Gasteiger charge is -2.28. The lowest BCUT2D eigenvalue weighted by Crippen LogP contribution is -2.42. The van der Waals surface area contributed by atoms with Crippen molar-refractivity contribution in [1.29, 1.82) is 0 Å². The molecule has 5 rings (SSSR count). The first kappa shape index (κ1) is 38.5. The molecule has 0 fully saturated rings. The number of ether oxygens (including phenoxy) is 2. The number of thioether (sulfide) groups is 1. The minimum absolute atomic E-state index is 0.0817. The van der Waals surface area contributed by atoms with E-state index in [9.17, 15) is 14.4 Å². The summed E-state index contributed by atoms with van der Waals surface area (Å²) >= 11 is 6.82. The SMILES string of the molecule is C=C/C=C\C(=C/C)N1C(=O)/C(=C/c2cc(Br)c(OCc3ccc(I)cc3)c(OC)c2)C(=O)N=C1SCC(=O)NC(c1ccccc1)c1ccccc1. The smallest absolute Gasteiger partial charge is 0.285 e. The molecule has 0 aliphatic carbocycles. The minimum Gasteiger partial charge on any atom is -0.493 e. The Kier molecular flexibility index (Phi) is 13.8. The van der Waals surface area contributed by atoms with Crippen molar-refractivity contribution in [2.45, 2.75) is 19.6 Å². The first-order chi connectivity index (χ1) is 25.2. The first-order valence-electron chi connectivity index (χ1n) is 16.1. The standard InChI is InChI=1S/C41H35BrIN3O5S/c1-4-6-17-32(5-2)46-40(49)33(22-28-23-34(42)38(35(24-28)50-3)51-25-27-18-20-31(43)21-19-27)39(48)45-41(46)52-26-36(47)44-37(29-13-9-7-10-14-29)30-15-11-8-12-16-30/h4-24,37H,1,25-26H2,2-3H3,(H,44,47)/b17-6-,32-5+,33-22+. The number of benzene rings is 4. The van der Waals surface area contributed by atoms with E-state index in [2.05, 4.69) is 55.4 Å². The van der Waals surface area contributed by atoms with Crippen molar-refractivity contribution in [2.75, 3.05) is 12.9 Å². The van der Waals surface area contributed by atoms with E-state index in [4.69, 9.17) is 9.47 Å². The molecule has 1 aliphatic rings. The van der Waals surface area contributed by atoms with Gasteiger partial charge < -0.3 is 14.8 Å². The van der Waals surface area contributed by atoms with Crippen LogP contribution in [0, 0.1) is 3.57 Å². The summed E-state index contributed by atoms with van der Waals surface area (Å²) in [6, 6.07) is 30.3. The van der Waals surface area contributed by atoms with Gasteiger partial charge in [-0.2, -0.15) is 4.99 Å². The van der Waals surface area contributed by atoms with E-state index in [-0.39, 0.29) is 22.4 Å². The summed E-state index contributed by atoms with van der Waals surface area (Å²) in [4.78, 5) is 46.8. The highest BCUT2D eigenvalue weighted by Crippen LogP contribution is 2.38. The second-order valence-corrected chi connectivity index (χ2v) is 14.3. The monoisotopic (exact) mass is 887 g/mol. The second kappa shape index (κ2) is 18.7. The molecule has 11 heteroatoms. The van der Waals surface area contributed by atoms with Gasteiger partial charge in [-0.3, -0.25) is 19.3 Å². The number of carbonyl (C=O) groups is 3. The molecule has 52 heavy (non-hydrogen) atoms. The van der Waals surface area contributed by atoms with Gasteiger partial charge in [-0.05, 0) is 104 Å². The molecule has 0 aromatic heterocycles. The van der Waals surface area contributed by atoms with E-state index >= 15 is 0 Å². The zero-order valence-corrected chi connectivity index (χ0v) is 33.0. The summed E-state index contributed by atoms with van der Waals surface area (Å²) in [6.07, 6.45) is 8.14. The number of hydrogen-bond donors (Lipinski definition) is 1. The van der Waals surface area contributed by atoms with E-state index < -0.39 is 17.9 Å². The molecule has 1 heterocycles. The third-order valence-electron chi connectivity index (χ3n) is 7.77. The predicted molar refractivity (Wildman–Crippen MR) is 220 cm³/mol. The highest BCUT2D eigenvalue weighted by Gasteiger charge is 2.35. The van der Waals surface area contributed by atoms with Crippen molar-refractivity contribution in [3.63, 3.8) is 0 Å². The van der Waals surface area contributed by atoms with Crippen LogP contribution in [0.2, 0.25) is 0 Å². The fourth-order valence-electron chi connectivity index (χ4n) is 5.26. The molecule has 4 aromatic carbocycles. The molecule has 264 valence electrons. The summed E-state index contributed by atoms with van der Waals surface area (Å²) in [6.45, 7) is 5.82. The van der Waals surface area contributed by atoms with Crippen molar-refractivity contribution in [2.24, 2.45) is 4.99 Å². The largest absolute Gasteiger partial charge is 0.493 e. The number of nitrogens with zero attached hydrogens (tertiary/aromatic N) is 2. The van der Waals surface area contributed by atoms with Gasteiger partial charge in [0.05, 0.1) is 23.4 Å². The third kappa shape index (κ3) is 9.78. The number of rotatable bonds is 13. The average Bonchev–Trinajstić information content (AvgIpc) is 3.16. The van der Waals surface area contributed by atoms with Gasteiger partial charge in [-0.25, -0.2) is 0 Å². The van der Waals surface area contributed by atoms with E-state index in [0.29, 0.717) is 33.8 Å². The van der Waals surface area contributed by atoms with Crippen molar-refractivity contribution in [3.8, 4) is 11.5 Å². The van der Waals surface area contributed by atoms with Crippen LogP contribution in [0.1, 0.15) is 35.2 Å². The zero-order valence-electron chi connectivity index (χ0n) is 28.4. The molecular formula is C41H35BrIN3O5S. The van der Waals surface area contributed by atoms with Crippen LogP contribution in [-0.4, -0.2) is 40.7 Å². The summed E-state index contributed by atoms with van der Waals surface area (Å²) in [5.41, 5.74) is 3.64. The lowest BCUT2D eigenvalue weighted by atomic mass is 9.99. The van der Waals surface area contributed by atoms with Crippen LogP contribution in [0.25, 0.3) is 6.08 Å². The normalized spacial score (nSPS) is 14.2. The number of carbonyl (C=O) groups excluding carboxylic acids is 3. The Balaban J connectivity index is 1.41. The number of halogens is 2. The molecule has 0 saturated carbocycles. The Morgan fingerprint density at radius 1 is 1.02 bits per heavy atom. The van der Waals surface area contributed by atoms with E-state index in [1.54, 1.807) is 43.4 Å². The summed E-state index contributed by atoms with van der Waals surface area (Å²) in [5.74, 6) is -0.818. The van der Waals surface area contributed by atoms with Gasteiger partial charge >= 0.3 is 0 Å².